The first kappa shape index (κ1) is 17.2. The van der Waals surface area contributed by atoms with Gasteiger partial charge in [0.25, 0.3) is 5.91 Å². The smallest absolute Gasteiger partial charge is 0.255 e. The van der Waals surface area contributed by atoms with Gasteiger partial charge in [0.1, 0.15) is 11.4 Å². The molecule has 27 heavy (non-hydrogen) atoms. The van der Waals surface area contributed by atoms with Crippen LogP contribution in [0.3, 0.4) is 0 Å². The maximum Gasteiger partial charge on any atom is 0.255 e. The molecule has 1 saturated heterocycles. The van der Waals surface area contributed by atoms with Crippen molar-refractivity contribution in [1.29, 1.82) is 0 Å². The maximum absolute atomic E-state index is 12.9. The molecule has 0 bridgehead atoms. The van der Waals surface area contributed by atoms with E-state index in [0.29, 0.717) is 11.3 Å². The first-order valence-electron chi connectivity index (χ1n) is 8.90. The van der Waals surface area contributed by atoms with Gasteiger partial charge >= 0.3 is 0 Å². The lowest BCUT2D eigenvalue weighted by Crippen LogP contribution is -2.37. The average molecular weight is 366 g/mol. The van der Waals surface area contributed by atoms with Crippen LogP contribution >= 0.6 is 0 Å². The van der Waals surface area contributed by atoms with Gasteiger partial charge in [-0.25, -0.2) is 0 Å². The van der Waals surface area contributed by atoms with E-state index in [1.807, 2.05) is 24.3 Å². The fourth-order valence-corrected chi connectivity index (χ4v) is 3.52. The van der Waals surface area contributed by atoms with Gasteiger partial charge in [0, 0.05) is 37.9 Å². The lowest BCUT2D eigenvalue weighted by Gasteiger charge is -2.21. The number of furan rings is 1. The summed E-state index contributed by atoms with van der Waals surface area (Å²) in [5, 5.41) is 7.55. The minimum absolute atomic E-state index is 0.0693. The van der Waals surface area contributed by atoms with Crippen molar-refractivity contribution in [3.63, 3.8) is 0 Å². The summed E-state index contributed by atoms with van der Waals surface area (Å²) in [5.41, 5.74) is 3.03. The van der Waals surface area contributed by atoms with Crippen molar-refractivity contribution < 1.29 is 13.9 Å². The molecule has 3 heterocycles. The van der Waals surface area contributed by atoms with Gasteiger partial charge in [-0.1, -0.05) is 12.1 Å². The number of hydrogen-bond donors (Lipinski definition) is 1. The summed E-state index contributed by atoms with van der Waals surface area (Å²) in [5.74, 6) is 0.727. The van der Waals surface area contributed by atoms with Crippen LogP contribution in [0.1, 0.15) is 16.8 Å². The Hall–Kier alpha value is -3.22. The molecule has 7 heteroatoms. The number of rotatable bonds is 5. The normalized spacial score (nSPS) is 16.5. The van der Waals surface area contributed by atoms with Gasteiger partial charge in [-0.15, -0.1) is 0 Å². The molecular weight excluding hydrogens is 344 g/mol. The molecule has 3 aromatic rings. The number of anilines is 1. The van der Waals surface area contributed by atoms with Crippen molar-refractivity contribution in [2.75, 3.05) is 25.1 Å². The molecule has 1 N–H and O–H groups in total. The number of amides is 1. The lowest BCUT2D eigenvalue weighted by molar-refractivity contribution is 0.0941. The fraction of sp³-hybridized carbons (Fsp3) is 0.300. The predicted octanol–water partition coefficient (Wildman–Crippen LogP) is 2.70. The second kappa shape index (κ2) is 7.19. The molecule has 2 aromatic heterocycles. The molecule has 0 saturated carbocycles. The van der Waals surface area contributed by atoms with Crippen LogP contribution in [0.15, 0.2) is 53.5 Å². The van der Waals surface area contributed by atoms with Crippen LogP contribution in [0.25, 0.3) is 11.3 Å². The molecule has 1 aromatic carbocycles. The summed E-state index contributed by atoms with van der Waals surface area (Å²) in [7, 11) is 3.48. The number of benzene rings is 1. The molecule has 1 atom stereocenters. The largest absolute Gasteiger partial charge is 0.495 e. The Morgan fingerprint density at radius 2 is 2.19 bits per heavy atom. The van der Waals surface area contributed by atoms with Crippen LogP contribution in [0.2, 0.25) is 0 Å². The zero-order chi connectivity index (χ0) is 18.8. The molecule has 140 valence electrons. The van der Waals surface area contributed by atoms with E-state index < -0.39 is 0 Å². The van der Waals surface area contributed by atoms with Crippen LogP contribution in [0, 0.1) is 0 Å². The van der Waals surface area contributed by atoms with Crippen molar-refractivity contribution in [3.8, 4) is 17.0 Å². The Kier molecular flexibility index (Phi) is 4.58. The number of ether oxygens (including phenoxy) is 1. The van der Waals surface area contributed by atoms with E-state index in [1.54, 1.807) is 43.6 Å². The van der Waals surface area contributed by atoms with E-state index in [0.717, 1.165) is 36.5 Å². The van der Waals surface area contributed by atoms with E-state index in [1.165, 1.54) is 0 Å². The van der Waals surface area contributed by atoms with E-state index >= 15 is 0 Å². The monoisotopic (exact) mass is 366 g/mol. The molecule has 0 radical (unpaired) electrons. The second-order valence-corrected chi connectivity index (χ2v) is 6.65. The lowest BCUT2D eigenvalue weighted by atomic mass is 10.1. The Morgan fingerprint density at radius 1 is 1.33 bits per heavy atom. The quantitative estimate of drug-likeness (QED) is 0.752. The minimum atomic E-state index is -0.119. The van der Waals surface area contributed by atoms with Crippen molar-refractivity contribution >= 4 is 11.6 Å². The van der Waals surface area contributed by atoms with Crippen molar-refractivity contribution in [2.45, 2.75) is 12.5 Å². The third kappa shape index (κ3) is 3.40. The van der Waals surface area contributed by atoms with Gasteiger partial charge in [0.15, 0.2) is 0 Å². The summed E-state index contributed by atoms with van der Waals surface area (Å²) in [6.45, 7) is 1.61. The summed E-state index contributed by atoms with van der Waals surface area (Å²) >= 11 is 0. The molecular formula is C20H22N4O3. The number of hydrogen-bond acceptors (Lipinski definition) is 5. The zero-order valence-corrected chi connectivity index (χ0v) is 15.4. The maximum atomic E-state index is 12.9. The van der Waals surface area contributed by atoms with Gasteiger partial charge in [-0.2, -0.15) is 5.10 Å². The first-order chi connectivity index (χ1) is 13.2. The average Bonchev–Trinajstić information content (AvgIpc) is 3.42. The van der Waals surface area contributed by atoms with Gasteiger partial charge < -0.3 is 19.4 Å². The first-order valence-corrected chi connectivity index (χ1v) is 8.90. The number of nitrogens with zero attached hydrogens (tertiary/aromatic N) is 3. The minimum Gasteiger partial charge on any atom is -0.495 e. The number of para-hydroxylation sites is 2. The Morgan fingerprint density at radius 3 is 2.96 bits per heavy atom. The highest BCUT2D eigenvalue weighted by molar-refractivity contribution is 6.00. The molecule has 1 unspecified atom stereocenters. The third-order valence-electron chi connectivity index (χ3n) is 4.82. The van der Waals surface area contributed by atoms with Crippen molar-refractivity contribution in [2.24, 2.45) is 7.05 Å². The predicted molar refractivity (Wildman–Crippen MR) is 102 cm³/mol. The topological polar surface area (TPSA) is 72.5 Å². The Labute approximate surface area is 157 Å². The molecule has 1 aliphatic heterocycles. The van der Waals surface area contributed by atoms with Crippen molar-refractivity contribution in [1.82, 2.24) is 15.1 Å². The van der Waals surface area contributed by atoms with Crippen LogP contribution < -0.4 is 15.0 Å². The summed E-state index contributed by atoms with van der Waals surface area (Å²) in [6.07, 6.45) is 5.79. The van der Waals surface area contributed by atoms with Crippen LogP contribution in [-0.2, 0) is 7.05 Å². The summed E-state index contributed by atoms with van der Waals surface area (Å²) in [6, 6.07) is 9.82. The molecule has 1 aliphatic rings. The van der Waals surface area contributed by atoms with Gasteiger partial charge in [0.05, 0.1) is 30.9 Å². The van der Waals surface area contributed by atoms with E-state index in [4.69, 9.17) is 9.15 Å². The van der Waals surface area contributed by atoms with E-state index in [2.05, 4.69) is 15.3 Å². The number of nitrogens with one attached hydrogen (secondary N) is 1. The molecule has 1 amide bonds. The number of methoxy groups -OCH3 is 1. The third-order valence-corrected chi connectivity index (χ3v) is 4.82. The van der Waals surface area contributed by atoms with E-state index in [9.17, 15) is 4.79 Å². The summed E-state index contributed by atoms with van der Waals surface area (Å²) in [4.78, 5) is 15.1. The van der Waals surface area contributed by atoms with Crippen LogP contribution in [0.4, 0.5) is 5.69 Å². The van der Waals surface area contributed by atoms with Crippen molar-refractivity contribution in [3.05, 3.63) is 54.6 Å². The fourth-order valence-electron chi connectivity index (χ4n) is 3.52. The number of aromatic nitrogens is 2. The highest BCUT2D eigenvalue weighted by Gasteiger charge is 2.27. The number of carbonyl (C=O) groups excluding carboxylic acids is 1. The van der Waals surface area contributed by atoms with Crippen LogP contribution in [0.5, 0.6) is 5.75 Å². The van der Waals surface area contributed by atoms with Crippen LogP contribution in [-0.4, -0.2) is 41.9 Å². The van der Waals surface area contributed by atoms with Gasteiger partial charge in [-0.05, 0) is 24.6 Å². The highest BCUT2D eigenvalue weighted by atomic mass is 16.5. The SMILES string of the molecule is COc1ccccc1N1CCC(NC(=O)c2cn(C)nc2-c2ccoc2)C1. The molecule has 0 spiro atoms. The Bertz CT molecular complexity index is 933. The number of aryl methyl sites for hydroxylation is 1. The van der Waals surface area contributed by atoms with E-state index in [-0.39, 0.29) is 11.9 Å². The van der Waals surface area contributed by atoms with Gasteiger partial charge in [-0.3, -0.25) is 9.48 Å². The zero-order valence-electron chi connectivity index (χ0n) is 15.4. The standard InChI is InChI=1S/C20H22N4O3/c1-23-12-16(19(22-23)14-8-10-27-13-14)20(25)21-15-7-9-24(11-15)17-5-3-4-6-18(17)26-2/h3-6,8,10,12-13,15H,7,9,11H2,1-2H3,(H,21,25). The number of carbonyl (C=O) groups is 1. The summed E-state index contributed by atoms with van der Waals surface area (Å²) < 4.78 is 12.2. The highest BCUT2D eigenvalue weighted by Crippen LogP contribution is 2.30. The van der Waals surface area contributed by atoms with Gasteiger partial charge in [0.2, 0.25) is 0 Å². The second-order valence-electron chi connectivity index (χ2n) is 6.65. The molecule has 4 rings (SSSR count). The Balaban J connectivity index is 1.47. The molecule has 0 aliphatic carbocycles. The molecule has 1 fully saturated rings. The molecule has 7 nitrogen and oxygen atoms in total.